The number of aliphatic imine (C=N–C) groups is 1. The van der Waals surface area contributed by atoms with Gasteiger partial charge in [-0.05, 0) is 83.5 Å². The molecular weight excluding hydrogens is 791 g/mol. The summed E-state index contributed by atoms with van der Waals surface area (Å²) in [5, 5.41) is 27.5. The molecule has 1 N–H and O–H groups in total. The summed E-state index contributed by atoms with van der Waals surface area (Å²) in [5.41, 5.74) is -0.149. The SMILES string of the molecule is CC[C@@H]1OC(=O)[C@H](C)[C@H]2OCC(=NOCc3ccc(-n4cnnn4)nc3)CO[C@](C)(C[C@@H](C)C3=NCCN4C(=O)O[C@@]1(C)[C@H]4[C@H]3C)[C@@H](O[C@H]1O[C@@H](C)C[C@@H](N(C)C)[C@@H]1O)[C@@H]2C. The Morgan fingerprint density at radius 3 is 2.56 bits per heavy atom. The van der Waals surface area contributed by atoms with Gasteiger partial charge in [0.1, 0.15) is 30.9 Å². The zero-order valence-corrected chi connectivity index (χ0v) is 37.0. The average Bonchev–Trinajstić information content (AvgIpc) is 3.81. The minimum atomic E-state index is -1.15. The van der Waals surface area contributed by atoms with Gasteiger partial charge in [0.2, 0.25) is 0 Å². The van der Waals surface area contributed by atoms with E-state index in [4.69, 9.17) is 38.3 Å². The number of cyclic esters (lactones) is 1. The second-order valence-corrected chi connectivity index (χ2v) is 18.1. The van der Waals surface area contributed by atoms with Gasteiger partial charge < -0.3 is 43.3 Å². The quantitative estimate of drug-likeness (QED) is 0.299. The first-order chi connectivity index (χ1) is 29.0. The normalized spacial score (nSPS) is 39.4. The number of aliphatic hydroxyl groups is 1. The molecule has 0 radical (unpaired) electrons. The molecule has 14 atom stereocenters. The zero-order valence-electron chi connectivity index (χ0n) is 37.0. The van der Waals surface area contributed by atoms with Gasteiger partial charge in [-0.3, -0.25) is 14.7 Å². The number of pyridine rings is 1. The third-order valence-corrected chi connectivity index (χ3v) is 13.4. The molecule has 0 spiro atoms. The van der Waals surface area contributed by atoms with Crippen LogP contribution in [-0.4, -0.2) is 164 Å². The lowest BCUT2D eigenvalue weighted by Crippen LogP contribution is -2.60. The van der Waals surface area contributed by atoms with Gasteiger partial charge in [0.15, 0.2) is 17.7 Å². The monoisotopic (exact) mass is 853 g/mol. The number of fused-ring (bicyclic) bond motifs is 4. The van der Waals surface area contributed by atoms with E-state index in [1.807, 2.05) is 59.7 Å². The van der Waals surface area contributed by atoms with Crippen LogP contribution in [0.15, 0.2) is 34.8 Å². The number of aromatic nitrogens is 5. The van der Waals surface area contributed by atoms with Crippen molar-refractivity contribution in [1.29, 1.82) is 0 Å². The lowest BCUT2D eigenvalue weighted by molar-refractivity contribution is -0.302. The predicted molar refractivity (Wildman–Crippen MR) is 220 cm³/mol. The molecule has 0 aliphatic carbocycles. The summed E-state index contributed by atoms with van der Waals surface area (Å²) in [7, 11) is 3.86. The van der Waals surface area contributed by atoms with Crippen LogP contribution in [0.25, 0.3) is 5.82 Å². The summed E-state index contributed by atoms with van der Waals surface area (Å²) in [5.74, 6) is -1.78. The summed E-state index contributed by atoms with van der Waals surface area (Å²) in [6.07, 6.45) is -0.454. The maximum atomic E-state index is 14.5. The van der Waals surface area contributed by atoms with Crippen molar-refractivity contribution in [3.05, 3.63) is 30.2 Å². The van der Waals surface area contributed by atoms with Crippen molar-refractivity contribution in [3.8, 4) is 5.82 Å². The molecule has 2 aromatic rings. The van der Waals surface area contributed by atoms with Crippen LogP contribution in [0, 0.1) is 23.7 Å². The number of esters is 1. The fraction of sp³-hybridized carbons (Fsp3) is 0.762. The van der Waals surface area contributed by atoms with Crippen molar-refractivity contribution >= 4 is 23.5 Å². The van der Waals surface area contributed by atoms with Gasteiger partial charge in [-0.15, -0.1) is 5.10 Å². The van der Waals surface area contributed by atoms with E-state index in [0.29, 0.717) is 43.9 Å². The molecule has 4 fully saturated rings. The van der Waals surface area contributed by atoms with Crippen LogP contribution in [0.4, 0.5) is 4.79 Å². The minimum absolute atomic E-state index is 0.000604. The Kier molecular flexibility index (Phi) is 13.5. The van der Waals surface area contributed by atoms with Gasteiger partial charge in [-0.25, -0.2) is 9.78 Å². The summed E-state index contributed by atoms with van der Waals surface area (Å²) < 4.78 is 41.3. The fourth-order valence-electron chi connectivity index (χ4n) is 10.3. The van der Waals surface area contributed by atoms with E-state index in [9.17, 15) is 14.7 Å². The number of carbonyl (C=O) groups excluding carboxylic acids is 2. The molecule has 0 saturated carbocycles. The maximum Gasteiger partial charge on any atom is 0.410 e. The number of hydrogen-bond acceptors (Lipinski definition) is 17. The maximum absolute atomic E-state index is 14.5. The molecule has 7 rings (SSSR count). The number of aliphatic hydroxyl groups excluding tert-OH is 1. The van der Waals surface area contributed by atoms with Crippen molar-refractivity contribution in [1.82, 2.24) is 35.0 Å². The van der Waals surface area contributed by atoms with Gasteiger partial charge in [0.25, 0.3) is 0 Å². The molecule has 4 saturated heterocycles. The number of nitrogens with zero attached hydrogens (tertiary/aromatic N) is 9. The first kappa shape index (κ1) is 44.9. The average molecular weight is 854 g/mol. The predicted octanol–water partition coefficient (Wildman–Crippen LogP) is 3.22. The molecule has 0 unspecified atom stereocenters. The highest BCUT2D eigenvalue weighted by Crippen LogP contribution is 2.45. The molecule has 5 aliphatic heterocycles. The molecule has 19 heteroatoms. The van der Waals surface area contributed by atoms with Gasteiger partial charge in [0, 0.05) is 41.9 Å². The molecule has 1 amide bonds. The third kappa shape index (κ3) is 9.04. The zero-order chi connectivity index (χ0) is 43.8. The fourth-order valence-corrected chi connectivity index (χ4v) is 10.3. The Labute approximate surface area is 357 Å². The number of tetrazole rings is 1. The van der Waals surface area contributed by atoms with Gasteiger partial charge in [0.05, 0.1) is 55.6 Å². The van der Waals surface area contributed by atoms with E-state index >= 15 is 0 Å². The lowest BCUT2D eigenvalue weighted by Gasteiger charge is -2.48. The molecule has 336 valence electrons. The Morgan fingerprint density at radius 1 is 1.08 bits per heavy atom. The van der Waals surface area contributed by atoms with Crippen molar-refractivity contribution < 1.29 is 48.0 Å². The molecule has 4 bridgehead atoms. The number of likely N-dealkylation sites (N-methyl/N-ethyl adjacent to an activating group) is 1. The number of oxime groups is 1. The van der Waals surface area contributed by atoms with Crippen molar-refractivity contribution in [2.45, 2.75) is 141 Å². The molecule has 5 aliphatic rings. The van der Waals surface area contributed by atoms with Gasteiger partial charge in [-0.1, -0.05) is 38.9 Å². The van der Waals surface area contributed by atoms with Crippen LogP contribution in [0.2, 0.25) is 0 Å². The van der Waals surface area contributed by atoms with Crippen molar-refractivity contribution in [3.63, 3.8) is 0 Å². The number of hydrogen-bond donors (Lipinski definition) is 1. The summed E-state index contributed by atoms with van der Waals surface area (Å²) in [4.78, 5) is 47.3. The Bertz CT molecular complexity index is 1900. The smallest absolute Gasteiger partial charge is 0.410 e. The first-order valence-electron chi connectivity index (χ1n) is 21.6. The minimum Gasteiger partial charge on any atom is -0.458 e. The highest BCUT2D eigenvalue weighted by atomic mass is 16.7. The second-order valence-electron chi connectivity index (χ2n) is 18.1. The van der Waals surface area contributed by atoms with E-state index in [1.54, 1.807) is 24.1 Å². The Morgan fingerprint density at radius 2 is 1.87 bits per heavy atom. The van der Waals surface area contributed by atoms with Crippen LogP contribution in [0.3, 0.4) is 0 Å². The number of rotatable bonds is 8. The standard InChI is InChI=1S/C42H63N9O10/c1-11-31-42(8)36-25(4)33(43-14-15-50(36)40(54)61-42)23(2)17-41(7)37(60-39-34(52)30(49(9)10)16-24(3)58-39)26(5)35(27(6)38(53)59-31)55-20-29(21-56-41)46-57-19-28-12-13-32(44-18-28)51-22-45-47-48-51/h12-13,18,22-27,30-31,34-37,39,52H,11,14-17,19-21H2,1-10H3/t23-,24+,25+,26-,27-,30-,31+,34+,35+,36-,37+,39-,41-,42-/m1/s1. The Hall–Kier alpha value is -4.14. The highest BCUT2D eigenvalue weighted by Gasteiger charge is 2.60. The van der Waals surface area contributed by atoms with Crippen LogP contribution in [-0.2, 0) is 44.7 Å². The molecule has 0 aromatic carbocycles. The van der Waals surface area contributed by atoms with Crippen molar-refractivity contribution in [2.75, 3.05) is 40.4 Å². The molecule has 7 heterocycles. The highest BCUT2D eigenvalue weighted by molar-refractivity contribution is 5.91. The number of carbonyl (C=O) groups is 2. The van der Waals surface area contributed by atoms with Crippen LogP contribution in [0.1, 0.15) is 80.2 Å². The van der Waals surface area contributed by atoms with E-state index in [0.717, 1.165) is 11.3 Å². The molecular formula is C42H63N9O10. The third-order valence-electron chi connectivity index (χ3n) is 13.4. The van der Waals surface area contributed by atoms with E-state index in [1.165, 1.54) is 11.0 Å². The second kappa shape index (κ2) is 18.3. The Balaban J connectivity index is 1.27. The number of amides is 1. The van der Waals surface area contributed by atoms with E-state index in [-0.39, 0.29) is 43.8 Å². The topological polar surface area (TPSA) is 207 Å². The van der Waals surface area contributed by atoms with Gasteiger partial charge in [-0.2, -0.15) is 4.68 Å². The van der Waals surface area contributed by atoms with Crippen LogP contribution < -0.4 is 0 Å². The van der Waals surface area contributed by atoms with Crippen LogP contribution in [0.5, 0.6) is 0 Å². The molecule has 2 aromatic heterocycles. The van der Waals surface area contributed by atoms with Crippen molar-refractivity contribution in [2.24, 2.45) is 33.8 Å². The number of ether oxygens (including phenoxy) is 6. The molecule has 19 nitrogen and oxygen atoms in total. The van der Waals surface area contributed by atoms with E-state index < -0.39 is 71.8 Å². The largest absolute Gasteiger partial charge is 0.458 e. The molecule has 61 heavy (non-hydrogen) atoms. The van der Waals surface area contributed by atoms with Crippen LogP contribution >= 0.6 is 0 Å². The summed E-state index contributed by atoms with van der Waals surface area (Å²) >= 11 is 0. The summed E-state index contributed by atoms with van der Waals surface area (Å²) in [6, 6.07) is 2.94. The first-order valence-corrected chi connectivity index (χ1v) is 21.6. The lowest BCUT2D eigenvalue weighted by atomic mass is 9.72. The van der Waals surface area contributed by atoms with Gasteiger partial charge >= 0.3 is 12.1 Å². The summed E-state index contributed by atoms with van der Waals surface area (Å²) in [6.45, 7) is 16.5. The van der Waals surface area contributed by atoms with E-state index in [2.05, 4.69) is 39.5 Å².